The van der Waals surface area contributed by atoms with Crippen LogP contribution >= 0.6 is 34.4 Å². The SMILES string of the molecule is CCCCCC(C)(I)SC1CC(=O)N(CCC(=O)N[C@H](CO)C(=O)N[C@@H](C)C(=O)N[C@@H](CC(=O)O)C(=O)Nc2ccc(COC(=O)N(C)[C@H](C(=O)N[C@H](C(=O)N(C)[C@@H]([C@@H](C)CC)[C@@H](CC(=O)N3CCC[C@H]3[C@H](OC)[C@@H](C)C(=O)N[C@H](C)[C@@H](O)c3ccccc3)OC)C(C)C)C(C)C)cc2)C1=O. The standard InChI is InChI=1S/C71H109IN10O18S/c1-16-18-22-32-71(11,72)101-53-37-56(86)82(68(53)95)34-31-54(84)76-50(38-83)66(93)74-45(10)64(91)77-49(35-57(87)88)65(92)75-48-29-27-46(28-30-48)39-100-70(97)80(13)59(41(5)6)67(94)78-58(40(3)4)69(96)79(12)60(42(7)17-2)52(98-14)36-55(85)81-33-23-26-51(81)62(99-15)43(8)63(90)73-44(9)61(89)47-24-20-19-21-25-47/h19-21,24-25,27-30,40-45,49-53,58-62,83,89H,16-18,22-23,26,31-39H2,1-15H3,(H,73,90)(H,74,93)(H,75,92)(H,76,84)(H,77,91)(H,78,94)(H,87,88)/t42-,43+,44+,45-,49-,50+,51-,52+,53?,58-,59-,60-,61+,62+,71?/m0/s1. The minimum absolute atomic E-state index is 0.00834. The van der Waals surface area contributed by atoms with Crippen LogP contribution in [0, 0.1) is 23.7 Å². The van der Waals surface area contributed by atoms with E-state index in [2.05, 4.69) is 61.4 Å². The van der Waals surface area contributed by atoms with Crippen molar-refractivity contribution in [2.75, 3.05) is 53.3 Å². The highest BCUT2D eigenvalue weighted by molar-refractivity contribution is 14.1. The summed E-state index contributed by atoms with van der Waals surface area (Å²) in [7, 11) is 5.99. The number of hydrogen-bond acceptors (Lipinski definition) is 18. The molecule has 0 bridgehead atoms. The van der Waals surface area contributed by atoms with Crippen molar-refractivity contribution in [1.29, 1.82) is 0 Å². The van der Waals surface area contributed by atoms with Gasteiger partial charge in [0, 0.05) is 59.9 Å². The lowest BCUT2D eigenvalue weighted by molar-refractivity contribution is -0.148. The third-order valence-corrected chi connectivity index (χ3v) is 21.3. The van der Waals surface area contributed by atoms with Crippen molar-refractivity contribution >= 4 is 111 Å². The predicted octanol–water partition coefficient (Wildman–Crippen LogP) is 5.44. The number of ether oxygens (including phenoxy) is 3. The number of nitrogens with zero attached hydrogens (tertiary/aromatic N) is 4. The Morgan fingerprint density at radius 1 is 0.762 bits per heavy atom. The van der Waals surface area contributed by atoms with E-state index < -0.39 is 162 Å². The molecule has 15 atom stereocenters. The van der Waals surface area contributed by atoms with E-state index in [-0.39, 0.29) is 58.6 Å². The van der Waals surface area contributed by atoms with E-state index >= 15 is 0 Å². The van der Waals surface area contributed by atoms with Crippen molar-refractivity contribution in [2.24, 2.45) is 23.7 Å². The summed E-state index contributed by atoms with van der Waals surface area (Å²) in [4.78, 5) is 167. The van der Waals surface area contributed by atoms with E-state index in [4.69, 9.17) is 14.2 Å². The Balaban J connectivity index is 1.33. The van der Waals surface area contributed by atoms with Crippen molar-refractivity contribution in [3.05, 3.63) is 65.7 Å². The summed E-state index contributed by atoms with van der Waals surface area (Å²) in [5.74, 6) is -9.50. The van der Waals surface area contributed by atoms with Gasteiger partial charge in [0.1, 0.15) is 36.8 Å². The van der Waals surface area contributed by atoms with E-state index in [0.717, 1.165) is 35.5 Å². The molecule has 11 amide bonds. The lowest BCUT2D eigenvalue weighted by Crippen LogP contribution is -2.60. The van der Waals surface area contributed by atoms with Crippen LogP contribution in [0.3, 0.4) is 0 Å². The highest BCUT2D eigenvalue weighted by Crippen LogP contribution is 2.43. The normalized spacial score (nSPS) is 18.8. The number of alkyl halides is 1. The van der Waals surface area contributed by atoms with Gasteiger partial charge in [0.25, 0.3) is 0 Å². The van der Waals surface area contributed by atoms with Crippen LogP contribution in [0.5, 0.6) is 0 Å². The number of aliphatic hydroxyl groups is 2. The molecule has 2 saturated heterocycles. The topological polar surface area (TPSA) is 378 Å². The number of halogens is 1. The molecule has 2 aliphatic heterocycles. The fourth-order valence-electron chi connectivity index (χ4n) is 12.6. The summed E-state index contributed by atoms with van der Waals surface area (Å²) in [6.45, 7) is 18.7. The third kappa shape index (κ3) is 25.4. The molecule has 2 heterocycles. The number of hydrogen-bond donors (Lipinski definition) is 9. The number of thioether (sulfide) groups is 1. The first-order chi connectivity index (χ1) is 47.6. The maximum Gasteiger partial charge on any atom is 0.410 e. The maximum absolute atomic E-state index is 14.8. The van der Waals surface area contributed by atoms with Crippen molar-refractivity contribution in [1.82, 2.24) is 46.2 Å². The summed E-state index contributed by atoms with van der Waals surface area (Å²) < 4.78 is 17.4. The Hall–Kier alpha value is -7.00. The second kappa shape index (κ2) is 41.3. The molecule has 0 saturated carbocycles. The zero-order valence-corrected chi connectivity index (χ0v) is 64.1. The number of aliphatic hydroxyl groups excluding tert-OH is 2. The lowest BCUT2D eigenvalue weighted by atomic mass is 9.89. The fourth-order valence-corrected chi connectivity index (χ4v) is 15.2. The monoisotopic (exact) mass is 1550 g/mol. The zero-order chi connectivity index (χ0) is 75.7. The summed E-state index contributed by atoms with van der Waals surface area (Å²) in [6, 6.07) is 6.29. The quantitative estimate of drug-likeness (QED) is 0.0173. The molecule has 2 aromatic rings. The molecule has 4 rings (SSSR count). The first-order valence-electron chi connectivity index (χ1n) is 34.7. The molecular formula is C71H109IN10O18S. The van der Waals surface area contributed by atoms with E-state index in [0.29, 0.717) is 36.9 Å². The molecule has 30 heteroatoms. The molecule has 2 aromatic carbocycles. The van der Waals surface area contributed by atoms with Gasteiger partial charge in [-0.3, -0.25) is 62.5 Å². The number of carbonyl (C=O) groups is 12. The number of likely N-dealkylation sites (tertiary alicyclic amines) is 2. The molecule has 28 nitrogen and oxygen atoms in total. The number of unbranched alkanes of at least 4 members (excludes halogenated alkanes) is 2. The summed E-state index contributed by atoms with van der Waals surface area (Å²) in [5, 5.41) is 45.4. The molecule has 0 aliphatic carbocycles. The van der Waals surface area contributed by atoms with Gasteiger partial charge in [-0.1, -0.05) is 146 Å². The highest BCUT2D eigenvalue weighted by Gasteiger charge is 2.46. The zero-order valence-electron chi connectivity index (χ0n) is 61.1. The highest BCUT2D eigenvalue weighted by atomic mass is 127. The number of likely N-dealkylation sites (N-methyl/N-ethyl adjacent to an activating group) is 2. The van der Waals surface area contributed by atoms with Crippen LogP contribution in [0.25, 0.3) is 0 Å². The van der Waals surface area contributed by atoms with Gasteiger partial charge in [-0.2, -0.15) is 0 Å². The molecule has 0 radical (unpaired) electrons. The van der Waals surface area contributed by atoms with Crippen LogP contribution in [0.1, 0.15) is 164 Å². The van der Waals surface area contributed by atoms with Gasteiger partial charge in [-0.25, -0.2) is 4.79 Å². The summed E-state index contributed by atoms with van der Waals surface area (Å²) in [6.07, 6.45) is 1.07. The average molecular weight is 1550 g/mol. The molecule has 2 aliphatic rings. The van der Waals surface area contributed by atoms with Crippen molar-refractivity contribution in [3.8, 4) is 0 Å². The van der Waals surface area contributed by atoms with E-state index in [1.165, 1.54) is 69.1 Å². The van der Waals surface area contributed by atoms with Gasteiger partial charge in [0.2, 0.25) is 59.1 Å². The number of aliphatic carboxylic acids is 1. The lowest BCUT2D eigenvalue weighted by Gasteiger charge is -2.41. The molecule has 0 aromatic heterocycles. The smallest absolute Gasteiger partial charge is 0.410 e. The van der Waals surface area contributed by atoms with E-state index in [1.807, 2.05) is 39.0 Å². The Labute approximate surface area is 611 Å². The van der Waals surface area contributed by atoms with Crippen LogP contribution in [-0.4, -0.2) is 223 Å². The van der Waals surface area contributed by atoms with Gasteiger partial charge in [-0.05, 0) is 81.0 Å². The van der Waals surface area contributed by atoms with Crippen molar-refractivity contribution in [2.45, 2.75) is 228 Å². The van der Waals surface area contributed by atoms with Gasteiger partial charge >= 0.3 is 12.1 Å². The van der Waals surface area contributed by atoms with Crippen LogP contribution < -0.4 is 31.9 Å². The maximum atomic E-state index is 14.8. The first kappa shape index (κ1) is 86.4. The minimum atomic E-state index is -1.67. The number of methoxy groups -OCH3 is 2. The number of nitrogens with one attached hydrogen (secondary N) is 6. The fraction of sp³-hybridized carbons (Fsp3) is 0.662. The number of benzene rings is 2. The molecule has 9 N–H and O–H groups in total. The number of anilines is 1. The number of imide groups is 1. The van der Waals surface area contributed by atoms with Gasteiger partial charge < -0.3 is 71.2 Å². The largest absolute Gasteiger partial charge is 0.481 e. The Morgan fingerprint density at radius 3 is 1.99 bits per heavy atom. The minimum Gasteiger partial charge on any atom is -0.481 e. The number of carbonyl (C=O) groups excluding carboxylic acids is 11. The number of carboxylic acid groups (broad SMARTS) is 1. The van der Waals surface area contributed by atoms with Gasteiger partial charge in [0.05, 0.1) is 69.8 Å². The molecule has 2 unspecified atom stereocenters. The molecule has 0 spiro atoms. The van der Waals surface area contributed by atoms with Crippen molar-refractivity contribution in [3.63, 3.8) is 0 Å². The number of rotatable bonds is 41. The summed E-state index contributed by atoms with van der Waals surface area (Å²) >= 11 is 3.71. The second-order valence-corrected chi connectivity index (χ2v) is 32.0. The predicted molar refractivity (Wildman–Crippen MR) is 388 cm³/mol. The van der Waals surface area contributed by atoms with Crippen LogP contribution in [0.2, 0.25) is 0 Å². The van der Waals surface area contributed by atoms with Crippen LogP contribution in [0.4, 0.5) is 10.5 Å². The van der Waals surface area contributed by atoms with Crippen molar-refractivity contribution < 1.29 is 87.1 Å². The first-order valence-corrected chi connectivity index (χ1v) is 36.7. The Bertz CT molecular complexity index is 3130. The number of amides is 11. The van der Waals surface area contributed by atoms with E-state index in [9.17, 15) is 72.9 Å². The molecule has 564 valence electrons. The Morgan fingerprint density at radius 2 is 1.42 bits per heavy atom. The molecule has 101 heavy (non-hydrogen) atoms. The summed E-state index contributed by atoms with van der Waals surface area (Å²) in [5.41, 5.74) is 1.25. The van der Waals surface area contributed by atoms with Crippen LogP contribution in [-0.2, 0) is 73.6 Å². The average Bonchev–Trinajstić information content (AvgIpc) is 1.79. The second-order valence-electron chi connectivity index (χ2n) is 27.2. The van der Waals surface area contributed by atoms with Crippen LogP contribution in [0.15, 0.2) is 54.6 Å². The molecule has 2 fully saturated rings. The van der Waals surface area contributed by atoms with Gasteiger partial charge in [0.15, 0.2) is 0 Å². The van der Waals surface area contributed by atoms with Gasteiger partial charge in [-0.15, -0.1) is 11.8 Å². The van der Waals surface area contributed by atoms with E-state index in [1.54, 1.807) is 65.6 Å². The third-order valence-electron chi connectivity index (χ3n) is 18.6. The Kier molecular flexibility index (Phi) is 35.4. The number of carboxylic acids is 1. The molecular weight excluding hydrogens is 1440 g/mol.